The highest BCUT2D eigenvalue weighted by atomic mass is 19.1. The van der Waals surface area contributed by atoms with Gasteiger partial charge in [-0.05, 0) is 44.5 Å². The van der Waals surface area contributed by atoms with Crippen LogP contribution in [0.15, 0.2) is 53.6 Å². The molecular weight excluding hydrogens is 381 g/mol. The van der Waals surface area contributed by atoms with Crippen molar-refractivity contribution in [2.24, 2.45) is 5.10 Å². The number of ether oxygens (including phenoxy) is 1. The van der Waals surface area contributed by atoms with Gasteiger partial charge in [0.2, 0.25) is 0 Å². The summed E-state index contributed by atoms with van der Waals surface area (Å²) >= 11 is 0. The Hall–Kier alpha value is -2.73. The number of methoxy groups -OCH3 is 1. The van der Waals surface area contributed by atoms with Crippen LogP contribution in [0.25, 0.3) is 0 Å². The van der Waals surface area contributed by atoms with Crippen LogP contribution in [0.5, 0.6) is 5.75 Å². The third-order valence-corrected chi connectivity index (χ3v) is 6.11. The molecule has 0 aromatic heterocycles. The third kappa shape index (κ3) is 4.24. The van der Waals surface area contributed by atoms with Crippen molar-refractivity contribution in [3.63, 3.8) is 0 Å². The molecule has 5 nitrogen and oxygen atoms in total. The van der Waals surface area contributed by atoms with Crippen molar-refractivity contribution in [3.05, 3.63) is 65.5 Å². The zero-order valence-electron chi connectivity index (χ0n) is 17.6. The molecule has 0 N–H and O–H groups in total. The van der Waals surface area contributed by atoms with Gasteiger partial charge in [0.15, 0.2) is 0 Å². The van der Waals surface area contributed by atoms with E-state index < -0.39 is 6.04 Å². The first-order valence-electron chi connectivity index (χ1n) is 10.6. The molecule has 2 aromatic carbocycles. The highest BCUT2D eigenvalue weighted by molar-refractivity contribution is 6.03. The van der Waals surface area contributed by atoms with Gasteiger partial charge in [0.25, 0.3) is 5.91 Å². The Morgan fingerprint density at radius 2 is 2.03 bits per heavy atom. The lowest BCUT2D eigenvalue weighted by molar-refractivity contribution is -0.135. The molecule has 2 unspecified atom stereocenters. The molecule has 1 fully saturated rings. The number of carbonyl (C=O) groups excluding carboxylic acids is 1. The summed E-state index contributed by atoms with van der Waals surface area (Å²) in [5, 5.41) is 6.17. The fourth-order valence-electron chi connectivity index (χ4n) is 4.34. The number of benzene rings is 2. The minimum Gasteiger partial charge on any atom is -0.497 e. The Labute approximate surface area is 177 Å². The van der Waals surface area contributed by atoms with E-state index in [0.717, 1.165) is 36.4 Å². The smallest absolute Gasteiger partial charge is 0.257 e. The minimum absolute atomic E-state index is 0.0881. The van der Waals surface area contributed by atoms with Crippen molar-refractivity contribution in [2.75, 3.05) is 20.2 Å². The number of carbonyl (C=O) groups is 1. The summed E-state index contributed by atoms with van der Waals surface area (Å²) in [5.74, 6) is 0.327. The second-order valence-corrected chi connectivity index (χ2v) is 8.07. The number of piperidine rings is 1. The van der Waals surface area contributed by atoms with Gasteiger partial charge >= 0.3 is 0 Å². The zero-order chi connectivity index (χ0) is 21.1. The van der Waals surface area contributed by atoms with Crippen LogP contribution < -0.4 is 4.74 Å². The van der Waals surface area contributed by atoms with Crippen LogP contribution in [-0.2, 0) is 4.79 Å². The summed E-state index contributed by atoms with van der Waals surface area (Å²) in [4.78, 5) is 15.5. The topological polar surface area (TPSA) is 45.1 Å². The second kappa shape index (κ2) is 8.96. The van der Waals surface area contributed by atoms with Gasteiger partial charge in [-0.15, -0.1) is 0 Å². The molecule has 0 bridgehead atoms. The Balaban J connectivity index is 1.64. The van der Waals surface area contributed by atoms with E-state index in [1.54, 1.807) is 25.3 Å². The van der Waals surface area contributed by atoms with Crippen LogP contribution in [0.2, 0.25) is 0 Å². The van der Waals surface area contributed by atoms with Crippen LogP contribution in [-0.4, -0.2) is 47.8 Å². The van der Waals surface area contributed by atoms with Gasteiger partial charge in [0.05, 0.1) is 25.4 Å². The lowest BCUT2D eigenvalue weighted by Crippen LogP contribution is -2.44. The van der Waals surface area contributed by atoms with Gasteiger partial charge in [-0.3, -0.25) is 9.69 Å². The number of rotatable bonds is 5. The van der Waals surface area contributed by atoms with Crippen molar-refractivity contribution < 1.29 is 13.9 Å². The van der Waals surface area contributed by atoms with Gasteiger partial charge in [0.1, 0.15) is 11.6 Å². The van der Waals surface area contributed by atoms with E-state index >= 15 is 0 Å². The average molecular weight is 410 g/mol. The van der Waals surface area contributed by atoms with E-state index in [1.807, 2.05) is 24.3 Å². The molecule has 2 aliphatic rings. The van der Waals surface area contributed by atoms with Gasteiger partial charge in [0, 0.05) is 23.6 Å². The fourth-order valence-corrected chi connectivity index (χ4v) is 4.34. The molecule has 2 heterocycles. The van der Waals surface area contributed by atoms with Crippen LogP contribution >= 0.6 is 0 Å². The summed E-state index contributed by atoms with van der Waals surface area (Å²) in [6.45, 7) is 3.38. The van der Waals surface area contributed by atoms with Crippen LogP contribution in [0.1, 0.15) is 49.8 Å². The second-order valence-electron chi connectivity index (χ2n) is 8.07. The highest BCUT2D eigenvalue weighted by Crippen LogP contribution is 2.35. The number of hydrogen-bond acceptors (Lipinski definition) is 4. The molecule has 0 spiro atoms. The molecule has 1 amide bonds. The summed E-state index contributed by atoms with van der Waals surface area (Å²) in [7, 11) is 1.62. The SMILES string of the molecule is COc1cccc(C2=NN(C(=O)CN3CCCCC3C)C(c3ccccc3F)C2)c1. The van der Waals surface area contributed by atoms with Crippen LogP contribution in [0.3, 0.4) is 0 Å². The van der Waals surface area contributed by atoms with Crippen molar-refractivity contribution >= 4 is 11.6 Å². The summed E-state index contributed by atoms with van der Waals surface area (Å²) in [6, 6.07) is 14.2. The molecule has 2 aliphatic heterocycles. The lowest BCUT2D eigenvalue weighted by Gasteiger charge is -2.34. The summed E-state index contributed by atoms with van der Waals surface area (Å²) in [6.07, 6.45) is 3.87. The molecule has 0 aliphatic carbocycles. The Kier molecular flexibility index (Phi) is 6.13. The fraction of sp³-hybridized carbons (Fsp3) is 0.417. The van der Waals surface area contributed by atoms with Crippen molar-refractivity contribution in [2.45, 2.75) is 44.7 Å². The predicted octanol–water partition coefficient (Wildman–Crippen LogP) is 4.39. The molecular formula is C24H28FN3O2. The highest BCUT2D eigenvalue weighted by Gasteiger charge is 2.35. The van der Waals surface area contributed by atoms with E-state index in [2.05, 4.69) is 16.9 Å². The molecule has 4 rings (SSSR count). The standard InChI is InChI=1S/C24H28FN3O2/c1-17-8-5-6-13-27(17)16-24(29)28-23(20-11-3-4-12-21(20)25)15-22(26-28)18-9-7-10-19(14-18)30-2/h3-4,7,9-12,14,17,23H,5-6,8,13,15-16H2,1-2H3. The molecule has 0 radical (unpaired) electrons. The molecule has 2 aromatic rings. The molecule has 0 saturated carbocycles. The largest absolute Gasteiger partial charge is 0.497 e. The third-order valence-electron chi connectivity index (χ3n) is 6.11. The quantitative estimate of drug-likeness (QED) is 0.736. The first-order chi connectivity index (χ1) is 14.6. The van der Waals surface area contributed by atoms with Gasteiger partial charge in [-0.1, -0.05) is 36.8 Å². The number of halogens is 1. The monoisotopic (exact) mass is 409 g/mol. The van der Waals surface area contributed by atoms with Crippen molar-refractivity contribution in [1.82, 2.24) is 9.91 Å². The number of likely N-dealkylation sites (tertiary alicyclic amines) is 1. The number of hydrogen-bond donors (Lipinski definition) is 0. The van der Waals surface area contributed by atoms with E-state index in [-0.39, 0.29) is 11.7 Å². The van der Waals surface area contributed by atoms with Gasteiger partial charge < -0.3 is 4.74 Å². The average Bonchev–Trinajstić information content (AvgIpc) is 3.21. The summed E-state index contributed by atoms with van der Waals surface area (Å²) in [5.41, 5.74) is 2.15. The molecule has 30 heavy (non-hydrogen) atoms. The molecule has 2 atom stereocenters. The Morgan fingerprint density at radius 1 is 1.20 bits per heavy atom. The van der Waals surface area contributed by atoms with Crippen molar-refractivity contribution in [1.29, 1.82) is 0 Å². The molecule has 158 valence electrons. The minimum atomic E-state index is -0.444. The van der Waals surface area contributed by atoms with Crippen molar-refractivity contribution in [3.8, 4) is 5.75 Å². The first-order valence-corrected chi connectivity index (χ1v) is 10.6. The Bertz CT molecular complexity index is 946. The number of amides is 1. The number of nitrogens with zero attached hydrogens (tertiary/aromatic N) is 3. The molecule has 6 heteroatoms. The van der Waals surface area contributed by atoms with E-state index in [4.69, 9.17) is 4.74 Å². The number of hydrazone groups is 1. The van der Waals surface area contributed by atoms with Crippen LogP contribution in [0.4, 0.5) is 4.39 Å². The first kappa shape index (κ1) is 20.5. The van der Waals surface area contributed by atoms with Gasteiger partial charge in [-0.25, -0.2) is 9.40 Å². The van der Waals surface area contributed by atoms with E-state index in [0.29, 0.717) is 24.6 Å². The maximum Gasteiger partial charge on any atom is 0.257 e. The summed E-state index contributed by atoms with van der Waals surface area (Å²) < 4.78 is 20.0. The van der Waals surface area contributed by atoms with Crippen LogP contribution in [0, 0.1) is 5.82 Å². The maximum atomic E-state index is 14.6. The lowest BCUT2D eigenvalue weighted by atomic mass is 9.97. The predicted molar refractivity (Wildman–Crippen MR) is 115 cm³/mol. The maximum absolute atomic E-state index is 14.6. The normalized spacial score (nSPS) is 22.1. The van der Waals surface area contributed by atoms with Gasteiger partial charge in [-0.2, -0.15) is 5.10 Å². The molecule has 1 saturated heterocycles. The zero-order valence-corrected chi connectivity index (χ0v) is 17.6. The van der Waals surface area contributed by atoms with E-state index in [9.17, 15) is 9.18 Å². The van der Waals surface area contributed by atoms with E-state index in [1.165, 1.54) is 17.5 Å². The Morgan fingerprint density at radius 3 is 2.80 bits per heavy atom.